The Morgan fingerprint density at radius 2 is 1.90 bits per heavy atom. The molecule has 116 valence electrons. The average molecular weight is 319 g/mol. The van der Waals surface area contributed by atoms with E-state index in [1.807, 2.05) is 0 Å². The number of nitrogens with zero attached hydrogens (tertiary/aromatic N) is 1. The lowest BCUT2D eigenvalue weighted by Gasteiger charge is -2.31. The van der Waals surface area contributed by atoms with Crippen LogP contribution in [0.5, 0.6) is 0 Å². The molecule has 1 aromatic rings. The van der Waals surface area contributed by atoms with Gasteiger partial charge in [-0.15, -0.1) is 0 Å². The van der Waals surface area contributed by atoms with E-state index in [4.69, 9.17) is 5.11 Å². The highest BCUT2D eigenvalue weighted by Crippen LogP contribution is 2.38. The molecule has 2 rings (SSSR count). The van der Waals surface area contributed by atoms with Gasteiger partial charge in [-0.1, -0.05) is 12.1 Å². The highest BCUT2D eigenvalue weighted by atomic mass is 32.2. The van der Waals surface area contributed by atoms with Crippen molar-refractivity contribution in [3.8, 4) is 0 Å². The molecule has 0 aliphatic carbocycles. The standard InChI is InChI=1S/C14H16F3NO2S/c15-14(16,17)21-12-4-2-1-3-11(12)13(20)18-7-5-10(9-19)6-8-18/h1-4,10,19H,5-9H2. The fourth-order valence-corrected chi connectivity index (χ4v) is 3.01. The van der Waals surface area contributed by atoms with Crippen LogP contribution in [0, 0.1) is 5.92 Å². The zero-order chi connectivity index (χ0) is 15.5. The van der Waals surface area contributed by atoms with Crippen molar-refractivity contribution in [1.82, 2.24) is 4.90 Å². The number of thioether (sulfide) groups is 1. The van der Waals surface area contributed by atoms with Crippen LogP contribution in [0.15, 0.2) is 29.2 Å². The number of rotatable bonds is 3. The van der Waals surface area contributed by atoms with Gasteiger partial charge in [-0.25, -0.2) is 0 Å². The Morgan fingerprint density at radius 1 is 1.29 bits per heavy atom. The zero-order valence-electron chi connectivity index (χ0n) is 11.3. The van der Waals surface area contributed by atoms with E-state index >= 15 is 0 Å². The number of amides is 1. The number of carbonyl (C=O) groups is 1. The van der Waals surface area contributed by atoms with Gasteiger partial charge in [0.2, 0.25) is 0 Å². The number of halogens is 3. The van der Waals surface area contributed by atoms with E-state index in [1.165, 1.54) is 18.2 Å². The SMILES string of the molecule is O=C(c1ccccc1SC(F)(F)F)N1CCC(CO)CC1. The Balaban J connectivity index is 2.13. The summed E-state index contributed by atoms with van der Waals surface area (Å²) in [7, 11) is 0. The second-order valence-electron chi connectivity index (χ2n) is 4.96. The van der Waals surface area contributed by atoms with Crippen LogP contribution in [0.4, 0.5) is 13.2 Å². The summed E-state index contributed by atoms with van der Waals surface area (Å²) in [5.41, 5.74) is -4.33. The van der Waals surface area contributed by atoms with Gasteiger partial charge in [0, 0.05) is 24.6 Å². The largest absolute Gasteiger partial charge is 0.446 e. The lowest BCUT2D eigenvalue weighted by molar-refractivity contribution is -0.0328. The van der Waals surface area contributed by atoms with Gasteiger partial charge in [0.15, 0.2) is 0 Å². The first-order chi connectivity index (χ1) is 9.90. The topological polar surface area (TPSA) is 40.5 Å². The summed E-state index contributed by atoms with van der Waals surface area (Å²) in [6.45, 7) is 1.02. The molecule has 0 atom stereocenters. The molecule has 0 aromatic heterocycles. The molecule has 0 saturated carbocycles. The fraction of sp³-hybridized carbons (Fsp3) is 0.500. The minimum atomic E-state index is -4.42. The van der Waals surface area contributed by atoms with E-state index in [-0.39, 0.29) is 40.7 Å². The van der Waals surface area contributed by atoms with Gasteiger partial charge in [-0.05, 0) is 42.7 Å². The Labute approximate surface area is 125 Å². The molecule has 0 unspecified atom stereocenters. The zero-order valence-corrected chi connectivity index (χ0v) is 12.1. The molecule has 3 nitrogen and oxygen atoms in total. The molecule has 0 spiro atoms. The van der Waals surface area contributed by atoms with Gasteiger partial charge in [0.25, 0.3) is 5.91 Å². The van der Waals surface area contributed by atoms with E-state index in [0.717, 1.165) is 0 Å². The second kappa shape index (κ2) is 6.70. The average Bonchev–Trinajstić information content (AvgIpc) is 2.45. The maximum absolute atomic E-state index is 12.5. The normalized spacial score (nSPS) is 17.0. The third kappa shape index (κ3) is 4.38. The molecule has 1 N–H and O–H groups in total. The van der Waals surface area contributed by atoms with Crippen molar-refractivity contribution in [2.45, 2.75) is 23.2 Å². The van der Waals surface area contributed by atoms with E-state index in [1.54, 1.807) is 11.0 Å². The number of alkyl halides is 3. The predicted octanol–water partition coefficient (Wildman–Crippen LogP) is 3.14. The van der Waals surface area contributed by atoms with E-state index in [2.05, 4.69) is 0 Å². The maximum Gasteiger partial charge on any atom is 0.446 e. The first-order valence-electron chi connectivity index (χ1n) is 6.65. The van der Waals surface area contributed by atoms with Crippen molar-refractivity contribution in [3.05, 3.63) is 29.8 Å². The summed E-state index contributed by atoms with van der Waals surface area (Å²) in [5.74, 6) is -0.201. The summed E-state index contributed by atoms with van der Waals surface area (Å²) in [6, 6.07) is 5.79. The van der Waals surface area contributed by atoms with Gasteiger partial charge in [-0.2, -0.15) is 13.2 Å². The summed E-state index contributed by atoms with van der Waals surface area (Å²) in [6.07, 6.45) is 1.35. The molecule has 0 radical (unpaired) electrons. The van der Waals surface area contributed by atoms with Crippen molar-refractivity contribution < 1.29 is 23.1 Å². The molecule has 1 amide bonds. The van der Waals surface area contributed by atoms with Gasteiger partial charge >= 0.3 is 5.51 Å². The number of hydrogen-bond donors (Lipinski definition) is 1. The van der Waals surface area contributed by atoms with Crippen molar-refractivity contribution >= 4 is 17.7 Å². The number of benzene rings is 1. The van der Waals surface area contributed by atoms with E-state index < -0.39 is 5.51 Å². The van der Waals surface area contributed by atoms with Gasteiger partial charge in [0.05, 0.1) is 5.56 Å². The first-order valence-corrected chi connectivity index (χ1v) is 7.47. The van der Waals surface area contributed by atoms with Gasteiger partial charge in [-0.3, -0.25) is 4.79 Å². The second-order valence-corrected chi connectivity index (χ2v) is 6.07. The van der Waals surface area contributed by atoms with Crippen molar-refractivity contribution in [2.75, 3.05) is 19.7 Å². The Kier molecular flexibility index (Phi) is 5.16. The van der Waals surface area contributed by atoms with Crippen molar-refractivity contribution in [1.29, 1.82) is 0 Å². The monoisotopic (exact) mass is 319 g/mol. The highest BCUT2D eigenvalue weighted by molar-refractivity contribution is 8.00. The number of piperidine rings is 1. The maximum atomic E-state index is 12.5. The quantitative estimate of drug-likeness (QED) is 0.870. The minimum absolute atomic E-state index is 0.0701. The van der Waals surface area contributed by atoms with Crippen LogP contribution < -0.4 is 0 Å². The van der Waals surface area contributed by atoms with Gasteiger partial charge in [0.1, 0.15) is 0 Å². The summed E-state index contributed by atoms with van der Waals surface area (Å²) < 4.78 is 37.6. The van der Waals surface area contributed by atoms with Crippen LogP contribution in [0.3, 0.4) is 0 Å². The number of aliphatic hydroxyl groups excluding tert-OH is 1. The van der Waals surface area contributed by atoms with E-state index in [9.17, 15) is 18.0 Å². The number of likely N-dealkylation sites (tertiary alicyclic amines) is 1. The Bertz CT molecular complexity index is 499. The van der Waals surface area contributed by atoms with Crippen LogP contribution in [-0.4, -0.2) is 41.1 Å². The first kappa shape index (κ1) is 16.2. The molecule has 1 aliphatic heterocycles. The Morgan fingerprint density at radius 3 is 2.48 bits per heavy atom. The predicted molar refractivity (Wildman–Crippen MR) is 74.1 cm³/mol. The third-order valence-electron chi connectivity index (χ3n) is 3.50. The lowest BCUT2D eigenvalue weighted by atomic mass is 9.97. The molecule has 1 saturated heterocycles. The molecule has 7 heteroatoms. The summed E-state index contributed by atoms with van der Waals surface area (Å²) >= 11 is -0.263. The summed E-state index contributed by atoms with van der Waals surface area (Å²) in [5, 5.41) is 9.07. The van der Waals surface area contributed by atoms with Crippen LogP contribution in [0.25, 0.3) is 0 Å². The number of hydrogen-bond acceptors (Lipinski definition) is 3. The van der Waals surface area contributed by atoms with Crippen LogP contribution in [-0.2, 0) is 0 Å². The Hall–Kier alpha value is -1.21. The third-order valence-corrected chi connectivity index (χ3v) is 4.31. The van der Waals surface area contributed by atoms with Crippen LogP contribution in [0.2, 0.25) is 0 Å². The smallest absolute Gasteiger partial charge is 0.396 e. The van der Waals surface area contributed by atoms with Gasteiger partial charge < -0.3 is 10.0 Å². The number of aliphatic hydroxyl groups is 1. The summed E-state index contributed by atoms with van der Waals surface area (Å²) in [4.78, 5) is 13.9. The van der Waals surface area contributed by atoms with Crippen LogP contribution in [0.1, 0.15) is 23.2 Å². The molecule has 1 fully saturated rings. The lowest BCUT2D eigenvalue weighted by Crippen LogP contribution is -2.39. The van der Waals surface area contributed by atoms with E-state index in [0.29, 0.717) is 25.9 Å². The minimum Gasteiger partial charge on any atom is -0.396 e. The molecule has 1 aromatic carbocycles. The molecule has 1 heterocycles. The molecule has 21 heavy (non-hydrogen) atoms. The van der Waals surface area contributed by atoms with Crippen molar-refractivity contribution in [3.63, 3.8) is 0 Å². The van der Waals surface area contributed by atoms with Crippen LogP contribution >= 0.6 is 11.8 Å². The van der Waals surface area contributed by atoms with Crippen molar-refractivity contribution in [2.24, 2.45) is 5.92 Å². The molecule has 0 bridgehead atoms. The fourth-order valence-electron chi connectivity index (χ4n) is 2.35. The molecular formula is C14H16F3NO2S. The highest BCUT2D eigenvalue weighted by Gasteiger charge is 2.32. The number of carbonyl (C=O) groups excluding carboxylic acids is 1. The molecule has 1 aliphatic rings. The molecular weight excluding hydrogens is 303 g/mol.